The third-order valence-electron chi connectivity index (χ3n) is 2.61. The predicted molar refractivity (Wildman–Crippen MR) is 52.4 cm³/mol. The molecule has 0 unspecified atom stereocenters. The van der Waals surface area contributed by atoms with Gasteiger partial charge in [0, 0.05) is 12.8 Å². The van der Waals surface area contributed by atoms with Crippen molar-refractivity contribution < 1.29 is 13.6 Å². The minimum atomic E-state index is -0.499. The molecule has 1 aliphatic rings. The highest BCUT2D eigenvalue weighted by atomic mass is 19.1. The summed E-state index contributed by atoms with van der Waals surface area (Å²) in [6.45, 7) is 0. The lowest BCUT2D eigenvalue weighted by atomic mass is 10.0. The van der Waals surface area contributed by atoms with Gasteiger partial charge in [-0.2, -0.15) is 0 Å². The summed E-state index contributed by atoms with van der Waals surface area (Å²) in [6.07, 6.45) is 2.71. The van der Waals surface area contributed by atoms with Crippen LogP contribution in [0.15, 0.2) is 18.2 Å². The van der Waals surface area contributed by atoms with Gasteiger partial charge in [-0.15, -0.1) is 0 Å². The molecule has 0 atom stereocenters. The molecule has 1 aromatic rings. The molecule has 3 heteroatoms. The summed E-state index contributed by atoms with van der Waals surface area (Å²) in [7, 11) is 0. The van der Waals surface area contributed by atoms with Crippen LogP contribution >= 0.6 is 0 Å². The maximum atomic E-state index is 13.2. The van der Waals surface area contributed by atoms with Crippen LogP contribution in [0.25, 0.3) is 0 Å². The number of carbonyl (C=O) groups is 1. The molecule has 0 aromatic heterocycles. The van der Waals surface area contributed by atoms with Gasteiger partial charge < -0.3 is 0 Å². The molecule has 0 N–H and O–H groups in total. The Balaban J connectivity index is 2.01. The first-order valence-corrected chi connectivity index (χ1v) is 5.11. The van der Waals surface area contributed by atoms with Gasteiger partial charge in [0.15, 0.2) is 0 Å². The molecule has 0 saturated heterocycles. The van der Waals surface area contributed by atoms with Gasteiger partial charge in [0.1, 0.15) is 17.4 Å². The van der Waals surface area contributed by atoms with Crippen LogP contribution in [0.2, 0.25) is 0 Å². The minimum absolute atomic E-state index is 0.00185. The fourth-order valence-electron chi connectivity index (χ4n) is 1.61. The van der Waals surface area contributed by atoms with E-state index in [9.17, 15) is 13.6 Å². The van der Waals surface area contributed by atoms with Crippen molar-refractivity contribution in [2.45, 2.75) is 25.7 Å². The van der Waals surface area contributed by atoms with Crippen LogP contribution in [0.4, 0.5) is 8.78 Å². The molecule has 0 spiro atoms. The third-order valence-corrected chi connectivity index (χ3v) is 2.61. The highest BCUT2D eigenvalue weighted by Crippen LogP contribution is 2.32. The Kier molecular flexibility index (Phi) is 2.80. The molecule has 1 nitrogen and oxygen atoms in total. The van der Waals surface area contributed by atoms with Gasteiger partial charge in [-0.3, -0.25) is 4.79 Å². The Bertz CT molecular complexity index is 383. The van der Waals surface area contributed by atoms with Crippen molar-refractivity contribution >= 4 is 5.78 Å². The van der Waals surface area contributed by atoms with Crippen LogP contribution in [-0.2, 0) is 11.2 Å². The van der Waals surface area contributed by atoms with Gasteiger partial charge in [0.2, 0.25) is 0 Å². The van der Waals surface area contributed by atoms with Crippen LogP contribution in [0.3, 0.4) is 0 Å². The van der Waals surface area contributed by atoms with Crippen molar-refractivity contribution in [3.63, 3.8) is 0 Å². The van der Waals surface area contributed by atoms with Crippen molar-refractivity contribution in [2.75, 3.05) is 0 Å². The molecule has 0 bridgehead atoms. The van der Waals surface area contributed by atoms with E-state index in [2.05, 4.69) is 0 Å². The number of rotatable bonds is 4. The van der Waals surface area contributed by atoms with Crippen LogP contribution in [0.1, 0.15) is 24.8 Å². The molecule has 1 aliphatic carbocycles. The molecule has 1 aromatic carbocycles. The number of hydrogen-bond acceptors (Lipinski definition) is 1. The summed E-state index contributed by atoms with van der Waals surface area (Å²) in [5.41, 5.74) is 0.167. The van der Waals surface area contributed by atoms with Crippen molar-refractivity contribution in [1.29, 1.82) is 0 Å². The van der Waals surface area contributed by atoms with Crippen LogP contribution < -0.4 is 0 Å². The van der Waals surface area contributed by atoms with Crippen LogP contribution in [-0.4, -0.2) is 5.78 Å². The van der Waals surface area contributed by atoms with Crippen molar-refractivity contribution in [2.24, 2.45) is 5.92 Å². The highest BCUT2D eigenvalue weighted by molar-refractivity contribution is 5.81. The molecule has 80 valence electrons. The molecule has 15 heavy (non-hydrogen) atoms. The Morgan fingerprint density at radius 1 is 1.33 bits per heavy atom. The van der Waals surface area contributed by atoms with Gasteiger partial charge in [0.05, 0.1) is 0 Å². The lowest BCUT2D eigenvalue weighted by Crippen LogP contribution is -2.05. The summed E-state index contributed by atoms with van der Waals surface area (Å²) in [5, 5.41) is 0. The van der Waals surface area contributed by atoms with E-state index in [1.54, 1.807) is 0 Å². The Morgan fingerprint density at radius 2 is 2.07 bits per heavy atom. The molecule has 0 aliphatic heterocycles. The molecule has 0 radical (unpaired) electrons. The third kappa shape index (κ3) is 2.85. The molecule has 0 heterocycles. The van der Waals surface area contributed by atoms with E-state index in [1.165, 1.54) is 0 Å². The van der Waals surface area contributed by atoms with Gasteiger partial charge in [-0.1, -0.05) is 0 Å². The zero-order valence-corrected chi connectivity index (χ0v) is 8.30. The van der Waals surface area contributed by atoms with E-state index in [-0.39, 0.29) is 17.8 Å². The van der Waals surface area contributed by atoms with Crippen molar-refractivity contribution in [3.8, 4) is 0 Å². The Hall–Kier alpha value is -1.25. The first-order valence-electron chi connectivity index (χ1n) is 5.11. The lowest BCUT2D eigenvalue weighted by Gasteiger charge is -2.02. The molecule has 0 amide bonds. The lowest BCUT2D eigenvalue weighted by molar-refractivity contribution is -0.118. The van der Waals surface area contributed by atoms with E-state index < -0.39 is 11.6 Å². The number of Topliss-reactive ketones (excluding diaryl/α,β-unsaturated/α-hetero) is 1. The molecule has 1 saturated carbocycles. The fraction of sp³-hybridized carbons (Fsp3) is 0.417. The van der Waals surface area contributed by atoms with E-state index in [1.807, 2.05) is 0 Å². The summed E-state index contributed by atoms with van der Waals surface area (Å²) in [6, 6.07) is 3.22. The molecule has 1 fully saturated rings. The van der Waals surface area contributed by atoms with E-state index in [0.29, 0.717) is 12.3 Å². The molecular weight excluding hydrogens is 198 g/mol. The number of carbonyl (C=O) groups excluding carboxylic acids is 1. The van der Waals surface area contributed by atoms with Gasteiger partial charge in [0.25, 0.3) is 0 Å². The minimum Gasteiger partial charge on any atom is -0.299 e. The molecular formula is C12H12F2O. The van der Waals surface area contributed by atoms with E-state index in [0.717, 1.165) is 31.0 Å². The monoisotopic (exact) mass is 210 g/mol. The summed E-state index contributed by atoms with van der Waals surface area (Å²) in [5.74, 6) is -0.498. The molecule has 2 rings (SSSR count). The topological polar surface area (TPSA) is 17.1 Å². The van der Waals surface area contributed by atoms with Crippen molar-refractivity contribution in [1.82, 2.24) is 0 Å². The van der Waals surface area contributed by atoms with Gasteiger partial charge in [-0.25, -0.2) is 8.78 Å². The smallest absolute Gasteiger partial charge is 0.137 e. The normalized spacial score (nSPS) is 15.3. The maximum absolute atomic E-state index is 13.2. The van der Waals surface area contributed by atoms with Crippen molar-refractivity contribution in [3.05, 3.63) is 35.4 Å². The summed E-state index contributed by atoms with van der Waals surface area (Å²) < 4.78 is 26.0. The summed E-state index contributed by atoms with van der Waals surface area (Å²) >= 11 is 0. The Morgan fingerprint density at radius 3 is 2.73 bits per heavy atom. The predicted octanol–water partition coefficient (Wildman–Crippen LogP) is 2.88. The second-order valence-electron chi connectivity index (χ2n) is 4.10. The number of ketones is 1. The second kappa shape index (κ2) is 4.09. The number of hydrogen-bond donors (Lipinski definition) is 0. The van der Waals surface area contributed by atoms with E-state index in [4.69, 9.17) is 0 Å². The summed E-state index contributed by atoms with van der Waals surface area (Å²) in [4.78, 5) is 11.4. The number of halogens is 2. The largest absolute Gasteiger partial charge is 0.299 e. The zero-order valence-electron chi connectivity index (χ0n) is 8.30. The SMILES string of the molecule is O=C(Cc1cc(F)ccc1F)CC1CC1. The van der Waals surface area contributed by atoms with E-state index >= 15 is 0 Å². The Labute approximate surface area is 87.1 Å². The quantitative estimate of drug-likeness (QED) is 0.746. The average Bonchev–Trinajstić information content (AvgIpc) is 2.95. The number of benzene rings is 1. The van der Waals surface area contributed by atoms with Crippen LogP contribution in [0, 0.1) is 17.6 Å². The first-order chi connectivity index (χ1) is 7.15. The first kappa shape index (κ1) is 10.3. The average molecular weight is 210 g/mol. The van der Waals surface area contributed by atoms with Gasteiger partial charge >= 0.3 is 0 Å². The standard InChI is InChI=1S/C12H12F2O/c13-10-3-4-12(14)9(6-10)7-11(15)5-8-1-2-8/h3-4,6,8H,1-2,5,7H2. The van der Waals surface area contributed by atoms with Crippen LogP contribution in [0.5, 0.6) is 0 Å². The van der Waals surface area contributed by atoms with Gasteiger partial charge in [-0.05, 0) is 42.5 Å². The maximum Gasteiger partial charge on any atom is 0.137 e. The fourth-order valence-corrected chi connectivity index (χ4v) is 1.61. The zero-order chi connectivity index (χ0) is 10.8. The highest BCUT2D eigenvalue weighted by Gasteiger charge is 2.24. The second-order valence-corrected chi connectivity index (χ2v) is 4.10.